The second kappa shape index (κ2) is 10.1. The summed E-state index contributed by atoms with van der Waals surface area (Å²) in [5.41, 5.74) is 0.000442. The first kappa shape index (κ1) is 27.7. The van der Waals surface area contributed by atoms with E-state index < -0.39 is 16.9 Å². The summed E-state index contributed by atoms with van der Waals surface area (Å²) in [5.74, 6) is -1.53. The average molecular weight is 515 g/mol. The van der Waals surface area contributed by atoms with Gasteiger partial charge >= 0.3 is 11.9 Å². The number of allylic oxidation sites excluding steroid dienone is 3. The lowest BCUT2D eigenvalue weighted by atomic mass is 9.45. The molecule has 1 N–H and O–H groups in total. The number of aliphatic hydroxyl groups is 1. The van der Waals surface area contributed by atoms with Crippen LogP contribution in [0.4, 0.5) is 0 Å². The van der Waals surface area contributed by atoms with Crippen molar-refractivity contribution < 1.29 is 33.8 Å². The third kappa shape index (κ3) is 4.84. The molecule has 0 radical (unpaired) electrons. The molecule has 7 heteroatoms. The van der Waals surface area contributed by atoms with Gasteiger partial charge in [0.2, 0.25) is 0 Å². The van der Waals surface area contributed by atoms with Crippen molar-refractivity contribution in [2.45, 2.75) is 73.3 Å². The highest BCUT2D eigenvalue weighted by Gasteiger charge is 2.64. The lowest BCUT2D eigenvalue weighted by Gasteiger charge is -2.60. The van der Waals surface area contributed by atoms with E-state index in [0.717, 1.165) is 12.0 Å². The van der Waals surface area contributed by atoms with Gasteiger partial charge in [-0.15, -0.1) is 0 Å². The highest BCUT2D eigenvalue weighted by atomic mass is 16.5. The molecule has 0 aromatic rings. The molecule has 3 fully saturated rings. The maximum atomic E-state index is 13.3. The summed E-state index contributed by atoms with van der Waals surface area (Å²) in [6, 6.07) is 0. The third-order valence-corrected chi connectivity index (χ3v) is 9.77. The molecule has 0 bridgehead atoms. The van der Waals surface area contributed by atoms with E-state index in [0.29, 0.717) is 19.3 Å². The molecular formula is C30H42O7. The summed E-state index contributed by atoms with van der Waals surface area (Å²) in [4.78, 5) is 49.9. The Kier molecular flexibility index (Phi) is 7.59. The Labute approximate surface area is 220 Å². The smallest absolute Gasteiger partial charge is 0.308 e. The molecule has 8 atom stereocenters. The van der Waals surface area contributed by atoms with Gasteiger partial charge in [-0.1, -0.05) is 47.6 Å². The van der Waals surface area contributed by atoms with Crippen molar-refractivity contribution in [1.82, 2.24) is 0 Å². The molecule has 0 heterocycles. The van der Waals surface area contributed by atoms with Gasteiger partial charge in [0.15, 0.2) is 11.6 Å². The van der Waals surface area contributed by atoms with Crippen molar-refractivity contribution in [2.24, 2.45) is 52.3 Å². The van der Waals surface area contributed by atoms with Crippen LogP contribution in [0.1, 0.15) is 67.2 Å². The summed E-state index contributed by atoms with van der Waals surface area (Å²) >= 11 is 0. The van der Waals surface area contributed by atoms with Crippen molar-refractivity contribution in [3.05, 3.63) is 23.8 Å². The van der Waals surface area contributed by atoms with E-state index in [1.165, 1.54) is 0 Å². The number of ether oxygens (including phenoxy) is 2. The molecule has 4 rings (SSSR count). The molecule has 0 unspecified atom stereocenters. The van der Waals surface area contributed by atoms with Crippen LogP contribution < -0.4 is 0 Å². The van der Waals surface area contributed by atoms with E-state index in [4.69, 9.17) is 9.47 Å². The fourth-order valence-electron chi connectivity index (χ4n) is 8.00. The highest BCUT2D eigenvalue weighted by Crippen LogP contribution is 2.67. The van der Waals surface area contributed by atoms with Crippen LogP contribution in [0.15, 0.2) is 23.8 Å². The van der Waals surface area contributed by atoms with Gasteiger partial charge in [0.1, 0.15) is 6.61 Å². The second-order valence-electron chi connectivity index (χ2n) is 12.8. The number of carbonyl (C=O) groups excluding carboxylic acids is 4. The maximum Gasteiger partial charge on any atom is 0.308 e. The highest BCUT2D eigenvalue weighted by molar-refractivity contribution is 6.01. The van der Waals surface area contributed by atoms with E-state index in [1.807, 2.05) is 6.08 Å². The fraction of sp³-hybridized carbons (Fsp3) is 0.733. The number of Topliss-reactive ketones (excluding diaryl/α,β-unsaturated/α-hetero) is 1. The first-order valence-corrected chi connectivity index (χ1v) is 13.8. The summed E-state index contributed by atoms with van der Waals surface area (Å²) in [7, 11) is 0. The Morgan fingerprint density at radius 1 is 1.05 bits per heavy atom. The predicted octanol–water partition coefficient (Wildman–Crippen LogP) is 4.07. The molecule has 0 aromatic heterocycles. The van der Waals surface area contributed by atoms with Crippen LogP contribution >= 0.6 is 0 Å². The quantitative estimate of drug-likeness (QED) is 0.510. The van der Waals surface area contributed by atoms with Gasteiger partial charge in [-0.2, -0.15) is 0 Å². The number of rotatable bonds is 7. The van der Waals surface area contributed by atoms with Crippen molar-refractivity contribution in [3.8, 4) is 0 Å². The van der Waals surface area contributed by atoms with Crippen LogP contribution in [0.2, 0.25) is 0 Å². The lowest BCUT2D eigenvalue weighted by molar-refractivity contribution is -0.158. The molecule has 0 spiro atoms. The van der Waals surface area contributed by atoms with Crippen molar-refractivity contribution in [3.63, 3.8) is 0 Å². The fourth-order valence-corrected chi connectivity index (χ4v) is 8.00. The SMILES string of the molecule is CC(C)C(=O)OCC(=O)[C@H]1CC[C@H]2[C@@H]3C[C@H](COC(=O)C(C)C)C4=CC(=O)C=C[C@]4(C)[C@H]3[C@@H](O)C[C@]12C. The molecule has 0 amide bonds. The summed E-state index contributed by atoms with van der Waals surface area (Å²) in [6.45, 7) is 11.3. The Bertz CT molecular complexity index is 1020. The zero-order valence-electron chi connectivity index (χ0n) is 23.0. The summed E-state index contributed by atoms with van der Waals surface area (Å²) in [6.07, 6.45) is 7.30. The maximum absolute atomic E-state index is 13.3. The minimum atomic E-state index is -0.650. The Morgan fingerprint density at radius 3 is 2.35 bits per heavy atom. The normalized spacial score (nSPS) is 38.5. The van der Waals surface area contributed by atoms with Crippen LogP contribution in [-0.2, 0) is 28.7 Å². The molecule has 0 aromatic carbocycles. The van der Waals surface area contributed by atoms with Gasteiger partial charge < -0.3 is 14.6 Å². The van der Waals surface area contributed by atoms with Gasteiger partial charge in [-0.25, -0.2) is 0 Å². The minimum Gasteiger partial charge on any atom is -0.465 e. The largest absolute Gasteiger partial charge is 0.465 e. The first-order valence-electron chi connectivity index (χ1n) is 13.8. The number of fused-ring (bicyclic) bond motifs is 5. The monoisotopic (exact) mass is 514 g/mol. The van der Waals surface area contributed by atoms with E-state index in [2.05, 4.69) is 13.8 Å². The topological polar surface area (TPSA) is 107 Å². The van der Waals surface area contributed by atoms with Gasteiger partial charge in [0.05, 0.1) is 24.5 Å². The van der Waals surface area contributed by atoms with Crippen molar-refractivity contribution >= 4 is 23.5 Å². The molecule has 4 aliphatic carbocycles. The van der Waals surface area contributed by atoms with E-state index >= 15 is 0 Å². The molecule has 204 valence electrons. The number of hydrogen-bond donors (Lipinski definition) is 1. The molecule has 0 aliphatic heterocycles. The van der Waals surface area contributed by atoms with Gasteiger partial charge in [0, 0.05) is 23.2 Å². The number of esters is 2. The van der Waals surface area contributed by atoms with Gasteiger partial charge in [-0.3, -0.25) is 19.2 Å². The molecule has 7 nitrogen and oxygen atoms in total. The van der Waals surface area contributed by atoms with Crippen LogP contribution in [0, 0.1) is 52.3 Å². The zero-order valence-corrected chi connectivity index (χ0v) is 23.0. The number of hydrogen-bond acceptors (Lipinski definition) is 7. The van der Waals surface area contributed by atoms with Crippen molar-refractivity contribution in [2.75, 3.05) is 13.2 Å². The Morgan fingerprint density at radius 2 is 1.70 bits per heavy atom. The minimum absolute atomic E-state index is 0.0715. The summed E-state index contributed by atoms with van der Waals surface area (Å²) in [5, 5.41) is 11.6. The van der Waals surface area contributed by atoms with E-state index in [-0.39, 0.29) is 78.1 Å². The second-order valence-corrected chi connectivity index (χ2v) is 12.8. The number of ketones is 2. The molecule has 37 heavy (non-hydrogen) atoms. The molecule has 0 saturated heterocycles. The lowest BCUT2D eigenvalue weighted by Crippen LogP contribution is -2.58. The molecular weight excluding hydrogens is 472 g/mol. The van der Waals surface area contributed by atoms with Crippen LogP contribution in [0.5, 0.6) is 0 Å². The zero-order chi connectivity index (χ0) is 27.3. The Hall–Kier alpha value is -2.28. The van der Waals surface area contributed by atoms with Crippen LogP contribution in [0.3, 0.4) is 0 Å². The van der Waals surface area contributed by atoms with Crippen LogP contribution in [-0.4, -0.2) is 47.9 Å². The first-order chi connectivity index (χ1) is 17.3. The third-order valence-electron chi connectivity index (χ3n) is 9.77. The van der Waals surface area contributed by atoms with E-state index in [9.17, 15) is 24.3 Å². The van der Waals surface area contributed by atoms with Crippen LogP contribution in [0.25, 0.3) is 0 Å². The molecule has 3 saturated carbocycles. The predicted molar refractivity (Wildman–Crippen MR) is 137 cm³/mol. The Balaban J connectivity index is 1.62. The van der Waals surface area contributed by atoms with E-state index in [1.54, 1.807) is 39.8 Å². The summed E-state index contributed by atoms with van der Waals surface area (Å²) < 4.78 is 10.9. The molecule has 4 aliphatic rings. The standard InChI is InChI=1S/C30H42O7/c1-16(2)27(34)36-14-18-11-20-21-7-8-22(25(33)15-37-28(35)17(3)4)30(21,6)13-24(32)26(20)29(5)10-9-19(31)12-23(18)29/h9-10,12,16-18,20-22,24,26,32H,7-8,11,13-15H2,1-6H3/t18-,20+,21+,22-,24+,26-,29+,30+/m1/s1. The van der Waals surface area contributed by atoms with Crippen molar-refractivity contribution in [1.29, 1.82) is 0 Å². The van der Waals surface area contributed by atoms with Gasteiger partial charge in [0.25, 0.3) is 0 Å². The number of aliphatic hydroxyl groups excluding tert-OH is 1. The average Bonchev–Trinajstić information content (AvgIpc) is 3.17. The van der Waals surface area contributed by atoms with Gasteiger partial charge in [-0.05, 0) is 60.7 Å². The number of carbonyl (C=O) groups is 4.